The van der Waals surface area contributed by atoms with Gasteiger partial charge >= 0.3 is 0 Å². The van der Waals surface area contributed by atoms with E-state index < -0.39 is 0 Å². The van der Waals surface area contributed by atoms with Crippen molar-refractivity contribution >= 4 is 0 Å². The summed E-state index contributed by atoms with van der Waals surface area (Å²) in [6.45, 7) is 3.16. The Labute approximate surface area is 96.4 Å². The molecule has 3 nitrogen and oxygen atoms in total. The van der Waals surface area contributed by atoms with Crippen LogP contribution in [0.25, 0.3) is 0 Å². The third-order valence-electron chi connectivity index (χ3n) is 5.08. The molecule has 4 rings (SSSR count). The summed E-state index contributed by atoms with van der Waals surface area (Å²) in [6, 6.07) is 0. The number of ether oxygens (including phenoxy) is 3. The van der Waals surface area contributed by atoms with Crippen LogP contribution < -0.4 is 0 Å². The fourth-order valence-corrected chi connectivity index (χ4v) is 4.41. The zero-order chi connectivity index (χ0) is 10.7. The van der Waals surface area contributed by atoms with Gasteiger partial charge in [-0.1, -0.05) is 19.8 Å². The molecule has 4 aliphatic rings. The van der Waals surface area contributed by atoms with Crippen LogP contribution in [-0.2, 0) is 14.2 Å². The minimum Gasteiger partial charge on any atom is -0.352 e. The van der Waals surface area contributed by atoms with Crippen LogP contribution in [0.4, 0.5) is 0 Å². The highest BCUT2D eigenvalue weighted by molar-refractivity contribution is 5.05. The molecule has 3 heterocycles. The van der Waals surface area contributed by atoms with Crippen molar-refractivity contribution in [3.8, 4) is 0 Å². The molecule has 0 aromatic rings. The summed E-state index contributed by atoms with van der Waals surface area (Å²) in [5.41, 5.74) is 0. The first-order valence-electron chi connectivity index (χ1n) is 6.81. The van der Waals surface area contributed by atoms with Gasteiger partial charge in [0.1, 0.15) is 0 Å². The van der Waals surface area contributed by atoms with Crippen LogP contribution in [-0.4, -0.2) is 25.3 Å². The smallest absolute Gasteiger partial charge is 0.164 e. The van der Waals surface area contributed by atoms with Crippen LogP contribution in [0.5, 0.6) is 0 Å². The fourth-order valence-electron chi connectivity index (χ4n) is 4.41. The van der Waals surface area contributed by atoms with Gasteiger partial charge in [-0.05, 0) is 24.7 Å². The molecule has 0 N–H and O–H groups in total. The lowest BCUT2D eigenvalue weighted by Crippen LogP contribution is -2.35. The van der Waals surface area contributed by atoms with E-state index >= 15 is 0 Å². The maximum atomic E-state index is 6.10. The molecule has 0 spiro atoms. The summed E-state index contributed by atoms with van der Waals surface area (Å²) in [6.07, 6.45) is 5.60. The Morgan fingerprint density at radius 2 is 2.00 bits per heavy atom. The SMILES string of the molecule is CCCCC1OC2OC3OCC4C3CC2C14. The summed E-state index contributed by atoms with van der Waals surface area (Å²) in [7, 11) is 0. The maximum Gasteiger partial charge on any atom is 0.164 e. The normalized spacial score (nSPS) is 57.2. The van der Waals surface area contributed by atoms with Gasteiger partial charge in [0.2, 0.25) is 0 Å². The molecule has 0 aromatic carbocycles. The molecule has 0 amide bonds. The van der Waals surface area contributed by atoms with Gasteiger partial charge in [-0.2, -0.15) is 0 Å². The molecule has 16 heavy (non-hydrogen) atoms. The number of rotatable bonds is 3. The summed E-state index contributed by atoms with van der Waals surface area (Å²) < 4.78 is 17.8. The van der Waals surface area contributed by atoms with E-state index in [1.54, 1.807) is 0 Å². The summed E-state index contributed by atoms with van der Waals surface area (Å²) in [4.78, 5) is 0. The molecule has 7 atom stereocenters. The molecule has 90 valence electrons. The second-order valence-corrected chi connectivity index (χ2v) is 5.83. The summed E-state index contributed by atoms with van der Waals surface area (Å²) in [5, 5.41) is 0. The van der Waals surface area contributed by atoms with Crippen molar-refractivity contribution in [3.05, 3.63) is 0 Å². The van der Waals surface area contributed by atoms with Crippen LogP contribution in [0.15, 0.2) is 0 Å². The van der Waals surface area contributed by atoms with E-state index in [0.29, 0.717) is 17.9 Å². The number of fused-ring (bicyclic) bond motifs is 1. The minimum absolute atomic E-state index is 0.0541. The molecular formula is C13H20O3. The van der Waals surface area contributed by atoms with Crippen LogP contribution in [0.1, 0.15) is 32.6 Å². The zero-order valence-corrected chi connectivity index (χ0v) is 9.80. The van der Waals surface area contributed by atoms with Crippen molar-refractivity contribution in [2.75, 3.05) is 6.61 Å². The predicted octanol–water partition coefficient (Wildman–Crippen LogP) is 2.16. The predicted molar refractivity (Wildman–Crippen MR) is 57.6 cm³/mol. The van der Waals surface area contributed by atoms with Gasteiger partial charge in [0.25, 0.3) is 0 Å². The lowest BCUT2D eigenvalue weighted by molar-refractivity contribution is -0.267. The fraction of sp³-hybridized carbons (Fsp3) is 1.00. The quantitative estimate of drug-likeness (QED) is 0.735. The minimum atomic E-state index is 0.0541. The van der Waals surface area contributed by atoms with E-state index in [0.717, 1.165) is 18.4 Å². The van der Waals surface area contributed by atoms with Crippen molar-refractivity contribution in [2.45, 2.75) is 51.3 Å². The standard InChI is InChI=1S/C13H20O3/c1-2-3-4-10-11-8-5-7-9(11)6-14-12(7)16-13(8)15-10/h7-13H,2-6H2,1H3. The molecule has 1 aliphatic carbocycles. The molecule has 0 radical (unpaired) electrons. The summed E-state index contributed by atoms with van der Waals surface area (Å²) in [5.74, 6) is 2.81. The highest BCUT2D eigenvalue weighted by atomic mass is 16.8. The largest absolute Gasteiger partial charge is 0.352 e. The van der Waals surface area contributed by atoms with E-state index in [1.165, 1.54) is 25.7 Å². The van der Waals surface area contributed by atoms with Gasteiger partial charge in [-0.15, -0.1) is 0 Å². The van der Waals surface area contributed by atoms with Crippen molar-refractivity contribution < 1.29 is 14.2 Å². The molecule has 7 unspecified atom stereocenters. The van der Waals surface area contributed by atoms with Gasteiger partial charge in [0.15, 0.2) is 12.6 Å². The van der Waals surface area contributed by atoms with E-state index in [-0.39, 0.29) is 12.6 Å². The van der Waals surface area contributed by atoms with Crippen LogP contribution >= 0.6 is 0 Å². The lowest BCUT2D eigenvalue weighted by Gasteiger charge is -2.30. The molecule has 3 saturated heterocycles. The first kappa shape index (κ1) is 9.86. The number of unbranched alkanes of at least 4 members (excludes halogenated alkanes) is 1. The Kier molecular flexibility index (Phi) is 2.12. The maximum absolute atomic E-state index is 6.10. The highest BCUT2D eigenvalue weighted by Crippen LogP contribution is 2.59. The molecular weight excluding hydrogens is 204 g/mol. The molecule has 4 fully saturated rings. The van der Waals surface area contributed by atoms with Crippen LogP contribution in [0.3, 0.4) is 0 Å². The molecule has 3 aliphatic heterocycles. The lowest BCUT2D eigenvalue weighted by atomic mass is 9.84. The first-order valence-corrected chi connectivity index (χ1v) is 6.81. The molecule has 3 heteroatoms. The van der Waals surface area contributed by atoms with Gasteiger partial charge in [0, 0.05) is 11.8 Å². The van der Waals surface area contributed by atoms with Gasteiger partial charge in [0.05, 0.1) is 12.7 Å². The Morgan fingerprint density at radius 1 is 1.06 bits per heavy atom. The molecule has 1 saturated carbocycles. The zero-order valence-electron chi connectivity index (χ0n) is 9.80. The first-order chi connectivity index (χ1) is 7.88. The van der Waals surface area contributed by atoms with Gasteiger partial charge in [-0.3, -0.25) is 0 Å². The van der Waals surface area contributed by atoms with E-state index in [1.807, 2.05) is 0 Å². The molecule has 2 bridgehead atoms. The number of hydrogen-bond acceptors (Lipinski definition) is 3. The van der Waals surface area contributed by atoms with Crippen LogP contribution in [0.2, 0.25) is 0 Å². The second-order valence-electron chi connectivity index (χ2n) is 5.83. The average Bonchev–Trinajstić information content (AvgIpc) is 2.90. The highest BCUT2D eigenvalue weighted by Gasteiger charge is 2.64. The van der Waals surface area contributed by atoms with Crippen molar-refractivity contribution in [3.63, 3.8) is 0 Å². The third kappa shape index (κ3) is 1.14. The Balaban J connectivity index is 1.59. The monoisotopic (exact) mass is 224 g/mol. The average molecular weight is 224 g/mol. The topological polar surface area (TPSA) is 27.7 Å². The Hall–Kier alpha value is -0.120. The van der Waals surface area contributed by atoms with Gasteiger partial charge in [-0.25, -0.2) is 0 Å². The number of hydrogen-bond donors (Lipinski definition) is 0. The van der Waals surface area contributed by atoms with Gasteiger partial charge < -0.3 is 14.2 Å². The van der Waals surface area contributed by atoms with E-state index in [4.69, 9.17) is 14.2 Å². The van der Waals surface area contributed by atoms with Crippen molar-refractivity contribution in [1.29, 1.82) is 0 Å². The Morgan fingerprint density at radius 3 is 2.88 bits per heavy atom. The Bertz CT molecular complexity index is 293. The second kappa shape index (κ2) is 3.44. The molecule has 0 aromatic heterocycles. The third-order valence-corrected chi connectivity index (χ3v) is 5.08. The van der Waals surface area contributed by atoms with E-state index in [2.05, 4.69) is 6.92 Å². The van der Waals surface area contributed by atoms with Crippen molar-refractivity contribution in [1.82, 2.24) is 0 Å². The van der Waals surface area contributed by atoms with Crippen LogP contribution in [0, 0.1) is 23.7 Å². The van der Waals surface area contributed by atoms with Crippen molar-refractivity contribution in [2.24, 2.45) is 23.7 Å². The summed E-state index contributed by atoms with van der Waals surface area (Å²) >= 11 is 0. The van der Waals surface area contributed by atoms with E-state index in [9.17, 15) is 0 Å².